The minimum Gasteiger partial charge on any atom is -0.301 e. The van der Waals surface area contributed by atoms with Gasteiger partial charge in [-0.15, -0.1) is 0 Å². The Morgan fingerprint density at radius 3 is 3.00 bits per heavy atom. The Kier molecular flexibility index (Phi) is 5.11. The van der Waals surface area contributed by atoms with Crippen LogP contribution in [0.5, 0.6) is 0 Å². The molecule has 3 nitrogen and oxygen atoms in total. The Morgan fingerprint density at radius 2 is 2.30 bits per heavy atom. The first-order chi connectivity index (χ1) is 9.63. The van der Waals surface area contributed by atoms with E-state index in [0.29, 0.717) is 18.2 Å². The molecule has 0 aliphatic carbocycles. The number of halogens is 1. The predicted molar refractivity (Wildman–Crippen MR) is 77.7 cm³/mol. The van der Waals surface area contributed by atoms with Gasteiger partial charge in [0.25, 0.3) is 0 Å². The van der Waals surface area contributed by atoms with E-state index in [4.69, 9.17) is 5.26 Å². The van der Waals surface area contributed by atoms with Crippen LogP contribution in [0.4, 0.5) is 4.39 Å². The van der Waals surface area contributed by atoms with Gasteiger partial charge in [-0.25, -0.2) is 4.39 Å². The quantitative estimate of drug-likeness (QED) is 0.827. The summed E-state index contributed by atoms with van der Waals surface area (Å²) in [5, 5.41) is 9.09. The number of likely N-dealkylation sites (N-methyl/N-ethyl adjacent to an activating group) is 2. The van der Waals surface area contributed by atoms with E-state index in [2.05, 4.69) is 22.8 Å². The number of rotatable bonds is 5. The molecule has 0 spiro atoms. The van der Waals surface area contributed by atoms with E-state index < -0.39 is 0 Å². The predicted octanol–water partition coefficient (Wildman–Crippen LogP) is 2.61. The van der Waals surface area contributed by atoms with Gasteiger partial charge in [-0.1, -0.05) is 6.92 Å². The second-order valence-corrected chi connectivity index (χ2v) is 5.53. The summed E-state index contributed by atoms with van der Waals surface area (Å²) in [5.74, 6) is -0.275. The number of nitrogens with zero attached hydrogens (tertiary/aromatic N) is 3. The Hall–Kier alpha value is -1.44. The van der Waals surface area contributed by atoms with Gasteiger partial charge in [0.15, 0.2) is 0 Å². The lowest BCUT2D eigenvalue weighted by molar-refractivity contribution is 0.194. The second-order valence-electron chi connectivity index (χ2n) is 5.53. The molecule has 1 atom stereocenters. The van der Waals surface area contributed by atoms with Gasteiger partial charge in [-0.05, 0) is 56.7 Å². The number of likely N-dealkylation sites (tertiary alicyclic amines) is 1. The molecule has 1 saturated heterocycles. The molecule has 1 fully saturated rings. The van der Waals surface area contributed by atoms with Crippen molar-refractivity contribution in [1.82, 2.24) is 9.80 Å². The zero-order chi connectivity index (χ0) is 14.5. The molecule has 0 N–H and O–H groups in total. The fourth-order valence-electron chi connectivity index (χ4n) is 3.04. The summed E-state index contributed by atoms with van der Waals surface area (Å²) in [4.78, 5) is 4.68. The van der Waals surface area contributed by atoms with Crippen molar-refractivity contribution in [1.29, 1.82) is 5.26 Å². The largest absolute Gasteiger partial charge is 0.301 e. The first-order valence-corrected chi connectivity index (χ1v) is 7.25. The maximum absolute atomic E-state index is 13.3. The third-order valence-electron chi connectivity index (χ3n) is 4.06. The third-order valence-corrected chi connectivity index (χ3v) is 4.06. The van der Waals surface area contributed by atoms with Crippen molar-refractivity contribution in [3.63, 3.8) is 0 Å². The normalized spacial score (nSPS) is 19.4. The molecule has 1 aliphatic rings. The molecule has 1 aromatic carbocycles. The number of hydrogen-bond acceptors (Lipinski definition) is 3. The van der Waals surface area contributed by atoms with Crippen LogP contribution >= 0.6 is 0 Å². The molecule has 2 rings (SSSR count). The van der Waals surface area contributed by atoms with Crippen molar-refractivity contribution in [2.24, 2.45) is 0 Å². The zero-order valence-corrected chi connectivity index (χ0v) is 12.3. The molecule has 1 aromatic rings. The van der Waals surface area contributed by atoms with Gasteiger partial charge in [0.05, 0.1) is 11.6 Å². The van der Waals surface area contributed by atoms with E-state index in [9.17, 15) is 4.39 Å². The SMILES string of the molecule is CCN1CCCC1CN(C)Cc1cc(F)ccc1C#N. The lowest BCUT2D eigenvalue weighted by atomic mass is 10.1. The molecular weight excluding hydrogens is 253 g/mol. The van der Waals surface area contributed by atoms with Crippen LogP contribution < -0.4 is 0 Å². The van der Waals surface area contributed by atoms with Gasteiger partial charge in [0, 0.05) is 19.1 Å². The minimum absolute atomic E-state index is 0.275. The molecule has 108 valence electrons. The molecule has 0 radical (unpaired) electrons. The van der Waals surface area contributed by atoms with Crippen LogP contribution in [0.2, 0.25) is 0 Å². The highest BCUT2D eigenvalue weighted by atomic mass is 19.1. The van der Waals surface area contributed by atoms with Gasteiger partial charge >= 0.3 is 0 Å². The van der Waals surface area contributed by atoms with Gasteiger partial charge in [-0.2, -0.15) is 5.26 Å². The molecule has 0 amide bonds. The van der Waals surface area contributed by atoms with Gasteiger partial charge in [-0.3, -0.25) is 4.90 Å². The summed E-state index contributed by atoms with van der Waals surface area (Å²) in [5.41, 5.74) is 1.34. The van der Waals surface area contributed by atoms with E-state index in [1.54, 1.807) is 6.07 Å². The molecule has 1 aliphatic heterocycles. The van der Waals surface area contributed by atoms with Crippen molar-refractivity contribution in [2.75, 3.05) is 26.7 Å². The van der Waals surface area contributed by atoms with Crippen LogP contribution in [0.3, 0.4) is 0 Å². The van der Waals surface area contributed by atoms with Crippen LogP contribution in [0, 0.1) is 17.1 Å². The molecule has 0 bridgehead atoms. The number of hydrogen-bond donors (Lipinski definition) is 0. The Labute approximate surface area is 120 Å². The fraction of sp³-hybridized carbons (Fsp3) is 0.562. The molecule has 20 heavy (non-hydrogen) atoms. The van der Waals surface area contributed by atoms with Crippen molar-refractivity contribution < 1.29 is 4.39 Å². The number of benzene rings is 1. The van der Waals surface area contributed by atoms with Crippen LogP contribution in [0.25, 0.3) is 0 Å². The topological polar surface area (TPSA) is 30.3 Å². The van der Waals surface area contributed by atoms with Crippen LogP contribution in [0.1, 0.15) is 30.9 Å². The van der Waals surface area contributed by atoms with E-state index >= 15 is 0 Å². The van der Waals surface area contributed by atoms with Crippen LogP contribution in [0.15, 0.2) is 18.2 Å². The van der Waals surface area contributed by atoms with Crippen molar-refractivity contribution in [2.45, 2.75) is 32.4 Å². The molecule has 1 heterocycles. The standard InChI is InChI=1S/C16H22FN3/c1-3-20-8-4-5-16(20)12-19(2)11-14-9-15(17)7-6-13(14)10-18/h6-7,9,16H,3-5,8,11-12H2,1-2H3. The highest BCUT2D eigenvalue weighted by molar-refractivity contribution is 5.37. The Balaban J connectivity index is 1.99. The Bertz CT molecular complexity index is 495. The fourth-order valence-corrected chi connectivity index (χ4v) is 3.04. The minimum atomic E-state index is -0.275. The summed E-state index contributed by atoms with van der Waals surface area (Å²) in [7, 11) is 2.04. The van der Waals surface area contributed by atoms with E-state index in [-0.39, 0.29) is 5.82 Å². The van der Waals surface area contributed by atoms with Crippen molar-refractivity contribution in [3.8, 4) is 6.07 Å². The van der Waals surface area contributed by atoms with Crippen LogP contribution in [-0.2, 0) is 6.54 Å². The smallest absolute Gasteiger partial charge is 0.123 e. The lowest BCUT2D eigenvalue weighted by Crippen LogP contribution is -2.38. The molecule has 0 aromatic heterocycles. The van der Waals surface area contributed by atoms with Gasteiger partial charge in [0.2, 0.25) is 0 Å². The van der Waals surface area contributed by atoms with Gasteiger partial charge < -0.3 is 4.90 Å². The summed E-state index contributed by atoms with van der Waals surface area (Å²) >= 11 is 0. The monoisotopic (exact) mass is 275 g/mol. The number of nitriles is 1. The molecule has 1 unspecified atom stereocenters. The molecular formula is C16H22FN3. The van der Waals surface area contributed by atoms with Crippen molar-refractivity contribution >= 4 is 0 Å². The first-order valence-electron chi connectivity index (χ1n) is 7.25. The first kappa shape index (κ1) is 15.0. The average Bonchev–Trinajstić information content (AvgIpc) is 2.86. The summed E-state index contributed by atoms with van der Waals surface area (Å²) in [6, 6.07) is 7.11. The maximum atomic E-state index is 13.3. The highest BCUT2D eigenvalue weighted by Gasteiger charge is 2.24. The summed E-state index contributed by atoms with van der Waals surface area (Å²) in [6.45, 7) is 6.04. The Morgan fingerprint density at radius 1 is 1.50 bits per heavy atom. The summed E-state index contributed by atoms with van der Waals surface area (Å²) < 4.78 is 13.3. The lowest BCUT2D eigenvalue weighted by Gasteiger charge is -2.27. The van der Waals surface area contributed by atoms with Gasteiger partial charge in [0.1, 0.15) is 5.82 Å². The van der Waals surface area contributed by atoms with Crippen molar-refractivity contribution in [3.05, 3.63) is 35.1 Å². The summed E-state index contributed by atoms with van der Waals surface area (Å²) in [6.07, 6.45) is 2.49. The highest BCUT2D eigenvalue weighted by Crippen LogP contribution is 2.19. The zero-order valence-electron chi connectivity index (χ0n) is 12.3. The molecule has 4 heteroatoms. The van der Waals surface area contributed by atoms with E-state index in [1.807, 2.05) is 7.05 Å². The molecule has 0 saturated carbocycles. The van der Waals surface area contributed by atoms with Crippen LogP contribution in [-0.4, -0.2) is 42.5 Å². The maximum Gasteiger partial charge on any atom is 0.123 e. The average molecular weight is 275 g/mol. The van der Waals surface area contributed by atoms with E-state index in [1.165, 1.54) is 31.5 Å². The third kappa shape index (κ3) is 3.56. The van der Waals surface area contributed by atoms with E-state index in [0.717, 1.165) is 18.7 Å². The second kappa shape index (κ2) is 6.83.